The minimum absolute atomic E-state index is 0.166. The third kappa shape index (κ3) is 3.97. The lowest BCUT2D eigenvalue weighted by molar-refractivity contribution is 0.591. The number of hydrogen-bond acceptors (Lipinski definition) is 0. The van der Waals surface area contributed by atoms with Crippen LogP contribution in [0.1, 0.15) is 45.7 Å². The SMILES string of the molecule is CC.Cc1ccc(-c2ccccc2)cc1-c1cc(C(C)(C)C)c[nH]1. The van der Waals surface area contributed by atoms with E-state index in [0.717, 1.165) is 0 Å². The van der Waals surface area contributed by atoms with Crippen molar-refractivity contribution >= 4 is 0 Å². The van der Waals surface area contributed by atoms with E-state index >= 15 is 0 Å². The first-order valence-electron chi connectivity index (χ1n) is 8.80. The number of aromatic amines is 1. The topological polar surface area (TPSA) is 15.8 Å². The molecule has 1 heterocycles. The minimum Gasteiger partial charge on any atom is -0.361 e. The molecular weight excluding hydrogens is 290 g/mol. The number of nitrogens with one attached hydrogen (secondary N) is 1. The predicted octanol–water partition coefficient (Wildman–Crippen LogP) is 6.98. The van der Waals surface area contributed by atoms with Crippen molar-refractivity contribution in [1.82, 2.24) is 4.98 Å². The van der Waals surface area contributed by atoms with Crippen LogP contribution in [0, 0.1) is 6.92 Å². The molecule has 0 saturated carbocycles. The molecule has 0 bridgehead atoms. The van der Waals surface area contributed by atoms with Gasteiger partial charge in [-0.05, 0) is 46.7 Å². The summed E-state index contributed by atoms with van der Waals surface area (Å²) in [7, 11) is 0. The second kappa shape index (κ2) is 7.53. The maximum absolute atomic E-state index is 3.45. The third-order valence-electron chi connectivity index (χ3n) is 4.18. The second-order valence-corrected chi connectivity index (χ2v) is 6.95. The molecule has 0 fully saturated rings. The lowest BCUT2D eigenvalue weighted by Gasteiger charge is -2.15. The van der Waals surface area contributed by atoms with Gasteiger partial charge >= 0.3 is 0 Å². The Balaban J connectivity index is 0.00000100. The molecule has 0 spiro atoms. The van der Waals surface area contributed by atoms with Gasteiger partial charge in [-0.3, -0.25) is 0 Å². The Morgan fingerprint density at radius 1 is 0.792 bits per heavy atom. The number of aryl methyl sites for hydroxylation is 1. The van der Waals surface area contributed by atoms with Crippen molar-refractivity contribution in [2.75, 3.05) is 0 Å². The molecule has 3 rings (SSSR count). The summed E-state index contributed by atoms with van der Waals surface area (Å²) < 4.78 is 0. The van der Waals surface area contributed by atoms with E-state index in [1.165, 1.54) is 33.5 Å². The van der Waals surface area contributed by atoms with Gasteiger partial charge in [0.25, 0.3) is 0 Å². The number of hydrogen-bond donors (Lipinski definition) is 1. The van der Waals surface area contributed by atoms with Crippen LogP contribution in [0.3, 0.4) is 0 Å². The molecule has 0 unspecified atom stereocenters. The molecule has 1 aromatic heterocycles. The minimum atomic E-state index is 0.166. The number of aromatic nitrogens is 1. The van der Waals surface area contributed by atoms with Crippen molar-refractivity contribution in [3.63, 3.8) is 0 Å². The van der Waals surface area contributed by atoms with Crippen molar-refractivity contribution in [3.8, 4) is 22.4 Å². The highest BCUT2D eigenvalue weighted by Crippen LogP contribution is 2.31. The van der Waals surface area contributed by atoms with Gasteiger partial charge < -0.3 is 4.98 Å². The van der Waals surface area contributed by atoms with Crippen LogP contribution in [0.25, 0.3) is 22.4 Å². The van der Waals surface area contributed by atoms with Gasteiger partial charge in [0.2, 0.25) is 0 Å². The Labute approximate surface area is 146 Å². The van der Waals surface area contributed by atoms with E-state index in [0.29, 0.717) is 0 Å². The smallest absolute Gasteiger partial charge is 0.0459 e. The van der Waals surface area contributed by atoms with E-state index in [1.54, 1.807) is 0 Å². The fourth-order valence-corrected chi connectivity index (χ4v) is 2.71. The molecule has 0 saturated heterocycles. The molecule has 0 atom stereocenters. The van der Waals surface area contributed by atoms with E-state index < -0.39 is 0 Å². The fourth-order valence-electron chi connectivity index (χ4n) is 2.71. The molecule has 1 heteroatoms. The third-order valence-corrected chi connectivity index (χ3v) is 4.18. The van der Waals surface area contributed by atoms with Gasteiger partial charge in [0.15, 0.2) is 0 Å². The first kappa shape index (κ1) is 18.1. The fraction of sp³-hybridized carbons (Fsp3) is 0.304. The van der Waals surface area contributed by atoms with E-state index in [1.807, 2.05) is 13.8 Å². The quantitative estimate of drug-likeness (QED) is 0.524. The van der Waals surface area contributed by atoms with Crippen LogP contribution in [-0.2, 0) is 5.41 Å². The van der Waals surface area contributed by atoms with Crippen molar-refractivity contribution < 1.29 is 0 Å². The predicted molar refractivity (Wildman–Crippen MR) is 106 cm³/mol. The highest BCUT2D eigenvalue weighted by atomic mass is 14.7. The first-order valence-corrected chi connectivity index (χ1v) is 8.80. The Bertz CT molecular complexity index is 773. The number of H-pyrrole nitrogens is 1. The summed E-state index contributed by atoms with van der Waals surface area (Å²) in [6, 6.07) is 19.5. The van der Waals surface area contributed by atoms with E-state index in [-0.39, 0.29) is 5.41 Å². The Hall–Kier alpha value is -2.28. The zero-order valence-electron chi connectivity index (χ0n) is 15.8. The van der Waals surface area contributed by atoms with Gasteiger partial charge in [-0.15, -0.1) is 0 Å². The van der Waals surface area contributed by atoms with Crippen LogP contribution in [0.5, 0.6) is 0 Å². The summed E-state index contributed by atoms with van der Waals surface area (Å²) in [4.78, 5) is 3.45. The molecule has 1 N–H and O–H groups in total. The molecule has 1 nitrogen and oxygen atoms in total. The van der Waals surface area contributed by atoms with E-state index in [4.69, 9.17) is 0 Å². The van der Waals surface area contributed by atoms with Crippen LogP contribution in [0.2, 0.25) is 0 Å². The molecule has 0 radical (unpaired) electrons. The van der Waals surface area contributed by atoms with Crippen LogP contribution >= 0.6 is 0 Å². The summed E-state index contributed by atoms with van der Waals surface area (Å²) in [5.41, 5.74) is 7.78. The molecule has 0 aliphatic rings. The standard InChI is InChI=1S/C21H23N.C2H6/c1-15-10-11-17(16-8-6-5-7-9-16)12-19(15)20-13-18(14-22-20)21(2,3)4;1-2/h5-14,22H,1-4H3;1-2H3. The van der Waals surface area contributed by atoms with Crippen LogP contribution in [0.15, 0.2) is 60.8 Å². The van der Waals surface area contributed by atoms with Crippen molar-refractivity contribution in [2.45, 2.75) is 47.0 Å². The maximum atomic E-state index is 3.45. The first-order chi connectivity index (χ1) is 11.4. The Morgan fingerprint density at radius 2 is 1.46 bits per heavy atom. The van der Waals surface area contributed by atoms with Gasteiger partial charge in [0.05, 0.1) is 0 Å². The summed E-state index contributed by atoms with van der Waals surface area (Å²) in [6.45, 7) is 12.9. The maximum Gasteiger partial charge on any atom is 0.0459 e. The molecule has 24 heavy (non-hydrogen) atoms. The largest absolute Gasteiger partial charge is 0.361 e. The normalized spacial score (nSPS) is 10.9. The van der Waals surface area contributed by atoms with Gasteiger partial charge in [-0.2, -0.15) is 0 Å². The highest BCUT2D eigenvalue weighted by Gasteiger charge is 2.16. The van der Waals surface area contributed by atoms with Gasteiger partial charge in [0, 0.05) is 17.5 Å². The van der Waals surface area contributed by atoms with Crippen LogP contribution in [-0.4, -0.2) is 4.98 Å². The van der Waals surface area contributed by atoms with Crippen molar-refractivity contribution in [3.05, 3.63) is 71.9 Å². The molecule has 2 aromatic carbocycles. The Kier molecular flexibility index (Phi) is 5.66. The molecule has 0 amide bonds. The van der Waals surface area contributed by atoms with Gasteiger partial charge in [-0.25, -0.2) is 0 Å². The van der Waals surface area contributed by atoms with Gasteiger partial charge in [0.1, 0.15) is 0 Å². The van der Waals surface area contributed by atoms with Gasteiger partial charge in [-0.1, -0.05) is 77.1 Å². The number of rotatable bonds is 2. The lowest BCUT2D eigenvalue weighted by Crippen LogP contribution is -2.09. The highest BCUT2D eigenvalue weighted by molar-refractivity contribution is 5.74. The van der Waals surface area contributed by atoms with Crippen LogP contribution < -0.4 is 0 Å². The van der Waals surface area contributed by atoms with E-state index in [2.05, 4.69) is 93.5 Å². The van der Waals surface area contributed by atoms with Crippen LogP contribution in [0.4, 0.5) is 0 Å². The average Bonchev–Trinajstić information content (AvgIpc) is 3.08. The zero-order valence-corrected chi connectivity index (χ0v) is 15.8. The molecular formula is C23H29N. The van der Waals surface area contributed by atoms with E-state index in [9.17, 15) is 0 Å². The lowest BCUT2D eigenvalue weighted by atomic mass is 9.88. The zero-order chi connectivity index (χ0) is 17.7. The summed E-state index contributed by atoms with van der Waals surface area (Å²) in [5.74, 6) is 0. The average molecular weight is 319 g/mol. The van der Waals surface area contributed by atoms with Crippen molar-refractivity contribution in [1.29, 1.82) is 0 Å². The second-order valence-electron chi connectivity index (χ2n) is 6.95. The summed E-state index contributed by atoms with van der Waals surface area (Å²) in [6.07, 6.45) is 2.13. The Morgan fingerprint density at radius 3 is 2.04 bits per heavy atom. The molecule has 3 aromatic rings. The summed E-state index contributed by atoms with van der Waals surface area (Å²) >= 11 is 0. The van der Waals surface area contributed by atoms with Crippen molar-refractivity contribution in [2.24, 2.45) is 0 Å². The number of benzene rings is 2. The summed E-state index contributed by atoms with van der Waals surface area (Å²) in [5, 5.41) is 0. The molecule has 0 aliphatic heterocycles. The molecule has 126 valence electrons. The molecule has 0 aliphatic carbocycles. The monoisotopic (exact) mass is 319 g/mol.